The second kappa shape index (κ2) is 15.0. The van der Waals surface area contributed by atoms with Gasteiger partial charge in [-0.1, -0.05) is 48.5 Å². The Kier molecular flexibility index (Phi) is 11.2. The number of aliphatic hydroxyl groups is 1. The molecule has 0 radical (unpaired) electrons. The lowest BCUT2D eigenvalue weighted by molar-refractivity contribution is -0.174. The molecule has 1 aliphatic rings. The Morgan fingerprint density at radius 3 is 2.42 bits per heavy atom. The molecule has 1 heterocycles. The van der Waals surface area contributed by atoms with E-state index in [2.05, 4.69) is 10.6 Å². The summed E-state index contributed by atoms with van der Waals surface area (Å²) in [5, 5.41) is 17.7. The van der Waals surface area contributed by atoms with Crippen LogP contribution in [0.15, 0.2) is 66.7 Å². The Bertz CT molecular complexity index is 1500. The van der Waals surface area contributed by atoms with Crippen molar-refractivity contribution in [1.29, 1.82) is 0 Å². The van der Waals surface area contributed by atoms with Gasteiger partial charge in [-0.05, 0) is 42.7 Å². The maximum atomic E-state index is 13.3. The SMILES string of the molecule is COc1c(CN2O[C@@H](CNC(C)=O)C([C@H](C)O)[C@H]2C(N)=O)cccc1-c1cc(C(=O)NCCc2ccccc2)cc(N(C)C)c1. The molecule has 3 aromatic carbocycles. The molecule has 11 nitrogen and oxygen atoms in total. The number of nitrogens with two attached hydrogens (primary N) is 1. The van der Waals surface area contributed by atoms with Crippen molar-refractivity contribution in [3.63, 3.8) is 0 Å². The van der Waals surface area contributed by atoms with Crippen molar-refractivity contribution >= 4 is 23.4 Å². The van der Waals surface area contributed by atoms with Crippen molar-refractivity contribution in [2.24, 2.45) is 11.7 Å². The van der Waals surface area contributed by atoms with Crippen LogP contribution >= 0.6 is 0 Å². The van der Waals surface area contributed by atoms with Gasteiger partial charge in [-0.25, -0.2) is 0 Å². The molecule has 3 amide bonds. The molecule has 240 valence electrons. The second-order valence-electron chi connectivity index (χ2n) is 11.5. The van der Waals surface area contributed by atoms with Crippen LogP contribution in [0.2, 0.25) is 0 Å². The number of amides is 3. The highest BCUT2D eigenvalue weighted by Gasteiger charge is 2.48. The van der Waals surface area contributed by atoms with Gasteiger partial charge in [-0.2, -0.15) is 5.06 Å². The number of anilines is 1. The predicted molar refractivity (Wildman–Crippen MR) is 172 cm³/mol. The number of methoxy groups -OCH3 is 1. The number of primary amides is 1. The molecule has 3 aromatic rings. The molecule has 4 rings (SSSR count). The molecular formula is C34H43N5O6. The van der Waals surface area contributed by atoms with E-state index in [-0.39, 0.29) is 24.9 Å². The van der Waals surface area contributed by atoms with E-state index in [9.17, 15) is 19.5 Å². The fraction of sp³-hybridized carbons (Fsp3) is 0.382. The molecule has 4 atom stereocenters. The summed E-state index contributed by atoms with van der Waals surface area (Å²) in [4.78, 5) is 45.6. The molecule has 5 N–H and O–H groups in total. The summed E-state index contributed by atoms with van der Waals surface area (Å²) in [6.07, 6.45) is -0.874. The largest absolute Gasteiger partial charge is 0.496 e. The first-order valence-electron chi connectivity index (χ1n) is 15.0. The summed E-state index contributed by atoms with van der Waals surface area (Å²) >= 11 is 0. The van der Waals surface area contributed by atoms with Gasteiger partial charge in [0.1, 0.15) is 17.9 Å². The molecule has 1 aliphatic heterocycles. The lowest BCUT2D eigenvalue weighted by Crippen LogP contribution is -2.47. The Hall–Kier alpha value is -4.45. The Labute approximate surface area is 264 Å². The van der Waals surface area contributed by atoms with Crippen LogP contribution in [0.4, 0.5) is 5.69 Å². The summed E-state index contributed by atoms with van der Waals surface area (Å²) in [5.74, 6) is -1.22. The summed E-state index contributed by atoms with van der Waals surface area (Å²) in [6, 6.07) is 20.3. The van der Waals surface area contributed by atoms with Gasteiger partial charge in [-0.3, -0.25) is 19.2 Å². The van der Waals surface area contributed by atoms with Crippen LogP contribution in [0, 0.1) is 5.92 Å². The zero-order chi connectivity index (χ0) is 32.7. The molecule has 1 saturated heterocycles. The van der Waals surface area contributed by atoms with E-state index in [1.807, 2.05) is 85.7 Å². The van der Waals surface area contributed by atoms with Crippen LogP contribution in [0.1, 0.15) is 35.3 Å². The number of para-hydroxylation sites is 1. The highest BCUT2D eigenvalue weighted by molar-refractivity contribution is 5.97. The van der Waals surface area contributed by atoms with Crippen molar-refractivity contribution in [3.8, 4) is 16.9 Å². The number of carbonyl (C=O) groups excluding carboxylic acids is 3. The van der Waals surface area contributed by atoms with Gasteiger partial charge < -0.3 is 31.1 Å². The number of ether oxygens (including phenoxy) is 1. The number of carbonyl (C=O) groups is 3. The van der Waals surface area contributed by atoms with Gasteiger partial charge in [0, 0.05) is 62.4 Å². The van der Waals surface area contributed by atoms with Gasteiger partial charge in [0.25, 0.3) is 5.91 Å². The summed E-state index contributed by atoms with van der Waals surface area (Å²) in [6.45, 7) is 3.68. The van der Waals surface area contributed by atoms with Gasteiger partial charge in [0.2, 0.25) is 11.8 Å². The van der Waals surface area contributed by atoms with Crippen molar-refractivity contribution < 1.29 is 29.1 Å². The molecule has 11 heteroatoms. The van der Waals surface area contributed by atoms with E-state index in [0.29, 0.717) is 23.4 Å². The third-order valence-electron chi connectivity index (χ3n) is 7.95. The molecular weight excluding hydrogens is 574 g/mol. The molecule has 0 saturated carbocycles. The van der Waals surface area contributed by atoms with Crippen LogP contribution in [-0.4, -0.2) is 80.4 Å². The van der Waals surface area contributed by atoms with Crippen LogP contribution < -0.4 is 26.0 Å². The minimum absolute atomic E-state index is 0.107. The fourth-order valence-corrected chi connectivity index (χ4v) is 5.73. The smallest absolute Gasteiger partial charge is 0.251 e. The number of hydrogen-bond donors (Lipinski definition) is 4. The van der Waals surface area contributed by atoms with Crippen LogP contribution in [0.25, 0.3) is 11.1 Å². The normalized spacial score (nSPS) is 18.7. The number of hydroxylamine groups is 2. The third-order valence-corrected chi connectivity index (χ3v) is 7.95. The zero-order valence-corrected chi connectivity index (χ0v) is 26.4. The standard InChI is InChI=1S/C34H43N5O6/c1-21(40)30-29(19-37-22(2)41)45-39(31(30)33(35)42)20-24-12-9-13-28(32(24)44-5)25-16-26(18-27(17-25)38(3)4)34(43)36-15-14-23-10-7-6-8-11-23/h6-13,16-18,21,29-31,40H,14-15,19-20H2,1-5H3,(H2,35,42)(H,36,43)(H,37,41)/t21-,29-,30?,31-/m0/s1. The minimum atomic E-state index is -0.944. The number of hydrogen-bond acceptors (Lipinski definition) is 8. The van der Waals surface area contributed by atoms with Gasteiger partial charge >= 0.3 is 0 Å². The molecule has 0 aromatic heterocycles. The van der Waals surface area contributed by atoms with Crippen molar-refractivity contribution in [2.75, 3.05) is 39.2 Å². The maximum Gasteiger partial charge on any atom is 0.251 e. The van der Waals surface area contributed by atoms with E-state index in [0.717, 1.165) is 28.8 Å². The van der Waals surface area contributed by atoms with Gasteiger partial charge in [-0.15, -0.1) is 0 Å². The van der Waals surface area contributed by atoms with Crippen molar-refractivity contribution in [1.82, 2.24) is 15.7 Å². The monoisotopic (exact) mass is 617 g/mol. The van der Waals surface area contributed by atoms with Crippen LogP contribution in [0.5, 0.6) is 5.75 Å². The van der Waals surface area contributed by atoms with Crippen molar-refractivity contribution in [3.05, 3.63) is 83.4 Å². The molecule has 1 fully saturated rings. The first kappa shape index (κ1) is 33.4. The number of benzene rings is 3. The van der Waals surface area contributed by atoms with Crippen LogP contribution in [-0.2, 0) is 27.4 Å². The Morgan fingerprint density at radius 2 is 1.80 bits per heavy atom. The first-order chi connectivity index (χ1) is 21.5. The third kappa shape index (κ3) is 8.18. The summed E-state index contributed by atoms with van der Waals surface area (Å²) in [7, 11) is 5.38. The average molecular weight is 618 g/mol. The second-order valence-corrected chi connectivity index (χ2v) is 11.5. The summed E-state index contributed by atoms with van der Waals surface area (Å²) in [5.41, 5.74) is 10.5. The van der Waals surface area contributed by atoms with E-state index >= 15 is 0 Å². The lowest BCUT2D eigenvalue weighted by atomic mass is 9.89. The minimum Gasteiger partial charge on any atom is -0.496 e. The molecule has 0 aliphatic carbocycles. The number of aliphatic hydroxyl groups excluding tert-OH is 1. The maximum absolute atomic E-state index is 13.3. The first-order valence-corrected chi connectivity index (χ1v) is 15.0. The topological polar surface area (TPSA) is 146 Å². The number of nitrogens with one attached hydrogen (secondary N) is 2. The fourth-order valence-electron chi connectivity index (χ4n) is 5.73. The van der Waals surface area contributed by atoms with Crippen molar-refractivity contribution in [2.45, 2.75) is 45.1 Å². The zero-order valence-electron chi connectivity index (χ0n) is 26.4. The predicted octanol–water partition coefficient (Wildman–Crippen LogP) is 2.50. The average Bonchev–Trinajstić information content (AvgIpc) is 3.38. The molecule has 45 heavy (non-hydrogen) atoms. The summed E-state index contributed by atoms with van der Waals surface area (Å²) < 4.78 is 5.91. The van der Waals surface area contributed by atoms with Crippen LogP contribution in [0.3, 0.4) is 0 Å². The van der Waals surface area contributed by atoms with E-state index < -0.39 is 30.1 Å². The van der Waals surface area contributed by atoms with Gasteiger partial charge in [0.05, 0.1) is 19.8 Å². The molecule has 0 spiro atoms. The van der Waals surface area contributed by atoms with E-state index in [1.54, 1.807) is 14.0 Å². The number of rotatable bonds is 13. The lowest BCUT2D eigenvalue weighted by Gasteiger charge is -2.25. The number of nitrogens with zero attached hydrogens (tertiary/aromatic N) is 2. The molecule has 0 bridgehead atoms. The van der Waals surface area contributed by atoms with Gasteiger partial charge in [0.15, 0.2) is 0 Å². The molecule has 1 unspecified atom stereocenters. The van der Waals surface area contributed by atoms with E-state index in [1.165, 1.54) is 12.0 Å². The van der Waals surface area contributed by atoms with E-state index in [4.69, 9.17) is 15.3 Å². The Balaban J connectivity index is 1.63. The highest BCUT2D eigenvalue weighted by atomic mass is 16.7. The highest BCUT2D eigenvalue weighted by Crippen LogP contribution is 2.38. The Morgan fingerprint density at radius 1 is 1.07 bits per heavy atom. The quantitative estimate of drug-likeness (QED) is 0.229.